The van der Waals surface area contributed by atoms with Gasteiger partial charge in [0.1, 0.15) is 0 Å². The monoisotopic (exact) mass is 184 g/mol. The Kier molecular flexibility index (Phi) is 4.42. The molecule has 0 aliphatic heterocycles. The number of allylic oxidation sites excluding steroid dienone is 1. The topological polar surface area (TPSA) is 57.5 Å². The summed E-state index contributed by atoms with van der Waals surface area (Å²) in [6.45, 7) is 6.65. The van der Waals surface area contributed by atoms with E-state index in [1.54, 1.807) is 13.0 Å². The van der Waals surface area contributed by atoms with Crippen molar-refractivity contribution < 1.29 is 15.0 Å². The van der Waals surface area contributed by atoms with Crippen LogP contribution in [0, 0.1) is 0 Å². The average molecular weight is 184 g/mol. The Morgan fingerprint density at radius 1 is 1.62 bits per heavy atom. The SMILES string of the molecule is C=C[C@](C)(O)CCC=C(C)C(=O)O. The predicted molar refractivity (Wildman–Crippen MR) is 51.4 cm³/mol. The fourth-order valence-corrected chi connectivity index (χ4v) is 0.770. The maximum absolute atomic E-state index is 10.4. The van der Waals surface area contributed by atoms with Gasteiger partial charge in [0.25, 0.3) is 0 Å². The average Bonchev–Trinajstić information content (AvgIpc) is 2.04. The number of aliphatic carboxylic acids is 1. The molecule has 0 saturated carbocycles. The highest BCUT2D eigenvalue weighted by molar-refractivity contribution is 5.85. The summed E-state index contributed by atoms with van der Waals surface area (Å²) >= 11 is 0. The summed E-state index contributed by atoms with van der Waals surface area (Å²) in [5, 5.41) is 18.0. The molecule has 13 heavy (non-hydrogen) atoms. The van der Waals surface area contributed by atoms with Gasteiger partial charge in [0, 0.05) is 5.57 Å². The lowest BCUT2D eigenvalue weighted by Gasteiger charge is -2.16. The molecule has 3 nitrogen and oxygen atoms in total. The Hall–Kier alpha value is -1.09. The van der Waals surface area contributed by atoms with E-state index in [4.69, 9.17) is 5.11 Å². The molecule has 1 atom stereocenters. The van der Waals surface area contributed by atoms with Gasteiger partial charge in [-0.25, -0.2) is 4.79 Å². The number of aliphatic hydroxyl groups is 1. The van der Waals surface area contributed by atoms with Gasteiger partial charge in [-0.15, -0.1) is 6.58 Å². The van der Waals surface area contributed by atoms with Crippen LogP contribution >= 0.6 is 0 Å². The molecule has 3 heteroatoms. The molecular weight excluding hydrogens is 168 g/mol. The number of hydrogen-bond donors (Lipinski definition) is 2. The number of hydrogen-bond acceptors (Lipinski definition) is 2. The second kappa shape index (κ2) is 4.82. The van der Waals surface area contributed by atoms with Gasteiger partial charge in [0.2, 0.25) is 0 Å². The lowest BCUT2D eigenvalue weighted by molar-refractivity contribution is -0.132. The Morgan fingerprint density at radius 2 is 2.15 bits per heavy atom. The smallest absolute Gasteiger partial charge is 0.330 e. The molecular formula is C10H16O3. The molecule has 0 fully saturated rings. The minimum absolute atomic E-state index is 0.305. The zero-order valence-corrected chi connectivity index (χ0v) is 8.08. The van der Waals surface area contributed by atoms with E-state index in [0.29, 0.717) is 18.4 Å². The van der Waals surface area contributed by atoms with Gasteiger partial charge in [-0.3, -0.25) is 0 Å². The Bertz CT molecular complexity index is 226. The Morgan fingerprint density at radius 3 is 2.54 bits per heavy atom. The number of carboxylic acid groups (broad SMARTS) is 1. The molecule has 0 spiro atoms. The molecule has 0 bridgehead atoms. The van der Waals surface area contributed by atoms with Crippen LogP contribution in [0.4, 0.5) is 0 Å². The third kappa shape index (κ3) is 5.20. The van der Waals surface area contributed by atoms with Crippen molar-refractivity contribution in [2.45, 2.75) is 32.3 Å². The van der Waals surface area contributed by atoms with Crippen LogP contribution in [-0.2, 0) is 4.79 Å². The highest BCUT2D eigenvalue weighted by Crippen LogP contribution is 2.13. The molecule has 0 amide bonds. The van der Waals surface area contributed by atoms with Crippen LogP contribution in [0.25, 0.3) is 0 Å². The van der Waals surface area contributed by atoms with E-state index in [1.165, 1.54) is 13.0 Å². The molecule has 0 heterocycles. The molecule has 0 saturated heterocycles. The predicted octanol–water partition coefficient (Wildman–Crippen LogP) is 1.73. The lowest BCUT2D eigenvalue weighted by atomic mass is 10.00. The van der Waals surface area contributed by atoms with Gasteiger partial charge in [0.05, 0.1) is 5.60 Å². The second-order valence-electron chi connectivity index (χ2n) is 3.29. The Balaban J connectivity index is 3.99. The van der Waals surface area contributed by atoms with E-state index < -0.39 is 11.6 Å². The molecule has 0 aliphatic carbocycles. The van der Waals surface area contributed by atoms with Crippen molar-refractivity contribution in [3.63, 3.8) is 0 Å². The Labute approximate surface area is 78.4 Å². The van der Waals surface area contributed by atoms with Crippen LogP contribution in [0.15, 0.2) is 24.3 Å². The maximum Gasteiger partial charge on any atom is 0.330 e. The third-order valence-electron chi connectivity index (χ3n) is 1.88. The fourth-order valence-electron chi connectivity index (χ4n) is 0.770. The standard InChI is InChI=1S/C10H16O3/c1-4-10(3,13)7-5-6-8(2)9(11)12/h4,6,13H,1,5,7H2,2-3H3,(H,11,12)/t10-/m0/s1. The van der Waals surface area contributed by atoms with Crippen molar-refractivity contribution in [1.29, 1.82) is 0 Å². The van der Waals surface area contributed by atoms with E-state index in [1.807, 2.05) is 0 Å². The fraction of sp³-hybridized carbons (Fsp3) is 0.500. The zero-order valence-electron chi connectivity index (χ0n) is 8.08. The number of carboxylic acids is 1. The van der Waals surface area contributed by atoms with Crippen LogP contribution in [0.3, 0.4) is 0 Å². The van der Waals surface area contributed by atoms with Crippen molar-refractivity contribution in [2.75, 3.05) is 0 Å². The van der Waals surface area contributed by atoms with E-state index in [0.717, 1.165) is 0 Å². The van der Waals surface area contributed by atoms with E-state index in [9.17, 15) is 9.90 Å². The van der Waals surface area contributed by atoms with Crippen molar-refractivity contribution in [3.05, 3.63) is 24.3 Å². The summed E-state index contributed by atoms with van der Waals surface area (Å²) in [4.78, 5) is 10.4. The lowest BCUT2D eigenvalue weighted by Crippen LogP contribution is -2.19. The maximum atomic E-state index is 10.4. The van der Waals surface area contributed by atoms with Crippen molar-refractivity contribution in [3.8, 4) is 0 Å². The summed E-state index contributed by atoms with van der Waals surface area (Å²) in [6.07, 6.45) is 4.08. The summed E-state index contributed by atoms with van der Waals surface area (Å²) < 4.78 is 0. The van der Waals surface area contributed by atoms with Gasteiger partial charge < -0.3 is 10.2 Å². The summed E-state index contributed by atoms with van der Waals surface area (Å²) in [5.41, 5.74) is -0.602. The molecule has 0 aromatic carbocycles. The molecule has 0 aromatic heterocycles. The first-order valence-electron chi connectivity index (χ1n) is 4.15. The first-order valence-corrected chi connectivity index (χ1v) is 4.15. The van der Waals surface area contributed by atoms with Crippen LogP contribution in [0.5, 0.6) is 0 Å². The van der Waals surface area contributed by atoms with E-state index in [2.05, 4.69) is 6.58 Å². The molecule has 0 radical (unpaired) electrons. The molecule has 74 valence electrons. The molecule has 0 rings (SSSR count). The van der Waals surface area contributed by atoms with E-state index in [-0.39, 0.29) is 0 Å². The van der Waals surface area contributed by atoms with E-state index >= 15 is 0 Å². The highest BCUT2D eigenvalue weighted by Gasteiger charge is 2.13. The minimum Gasteiger partial charge on any atom is -0.478 e. The molecule has 0 unspecified atom stereocenters. The third-order valence-corrected chi connectivity index (χ3v) is 1.88. The van der Waals surface area contributed by atoms with Crippen molar-refractivity contribution in [2.24, 2.45) is 0 Å². The van der Waals surface area contributed by atoms with Crippen LogP contribution < -0.4 is 0 Å². The van der Waals surface area contributed by atoms with Gasteiger partial charge in [-0.2, -0.15) is 0 Å². The van der Waals surface area contributed by atoms with Crippen LogP contribution in [0.1, 0.15) is 26.7 Å². The quantitative estimate of drug-likeness (QED) is 0.505. The normalized spacial score (nSPS) is 16.4. The summed E-state index contributed by atoms with van der Waals surface area (Å²) in [6, 6.07) is 0. The molecule has 0 aromatic rings. The number of carbonyl (C=O) groups is 1. The number of rotatable bonds is 5. The van der Waals surface area contributed by atoms with Gasteiger partial charge in [0.15, 0.2) is 0 Å². The first kappa shape index (κ1) is 11.9. The second-order valence-corrected chi connectivity index (χ2v) is 3.29. The molecule has 2 N–H and O–H groups in total. The van der Waals surface area contributed by atoms with Crippen LogP contribution in [-0.4, -0.2) is 21.8 Å². The van der Waals surface area contributed by atoms with Crippen LogP contribution in [0.2, 0.25) is 0 Å². The van der Waals surface area contributed by atoms with Gasteiger partial charge in [-0.1, -0.05) is 12.2 Å². The van der Waals surface area contributed by atoms with Crippen molar-refractivity contribution >= 4 is 5.97 Å². The largest absolute Gasteiger partial charge is 0.478 e. The van der Waals surface area contributed by atoms with Crippen molar-refractivity contribution in [1.82, 2.24) is 0 Å². The summed E-state index contributed by atoms with van der Waals surface area (Å²) in [7, 11) is 0. The summed E-state index contributed by atoms with van der Waals surface area (Å²) in [5.74, 6) is -0.918. The molecule has 0 aliphatic rings. The van der Waals surface area contributed by atoms with Gasteiger partial charge in [-0.05, 0) is 26.7 Å². The first-order chi connectivity index (χ1) is 5.89. The highest BCUT2D eigenvalue weighted by atomic mass is 16.4. The minimum atomic E-state index is -0.918. The zero-order chi connectivity index (χ0) is 10.5. The van der Waals surface area contributed by atoms with Gasteiger partial charge >= 0.3 is 5.97 Å².